The molecular weight excluding hydrogens is 278 g/mol. The van der Waals surface area contributed by atoms with E-state index in [9.17, 15) is 9.59 Å². The number of hydrogen-bond acceptors (Lipinski definition) is 3. The first-order valence-electron chi connectivity index (χ1n) is 7.99. The summed E-state index contributed by atoms with van der Waals surface area (Å²) in [6.07, 6.45) is 2.72. The molecule has 22 heavy (non-hydrogen) atoms. The van der Waals surface area contributed by atoms with Crippen molar-refractivity contribution < 1.29 is 9.59 Å². The SMILES string of the molecule is CCCCN(C)C(=O)CN1C(=O)C(CC)Nc2ccccc21. The van der Waals surface area contributed by atoms with E-state index >= 15 is 0 Å². The molecule has 1 unspecified atom stereocenters. The van der Waals surface area contributed by atoms with Crippen LogP contribution in [0.4, 0.5) is 11.4 Å². The molecule has 5 nitrogen and oxygen atoms in total. The van der Waals surface area contributed by atoms with E-state index in [0.29, 0.717) is 6.42 Å². The van der Waals surface area contributed by atoms with Crippen LogP contribution in [-0.2, 0) is 9.59 Å². The number of benzene rings is 1. The zero-order valence-corrected chi connectivity index (χ0v) is 13.6. The Morgan fingerprint density at radius 3 is 2.73 bits per heavy atom. The third kappa shape index (κ3) is 3.40. The zero-order valence-electron chi connectivity index (χ0n) is 13.6. The van der Waals surface area contributed by atoms with Gasteiger partial charge in [0.05, 0.1) is 11.4 Å². The van der Waals surface area contributed by atoms with E-state index in [2.05, 4.69) is 12.2 Å². The molecule has 0 saturated carbocycles. The van der Waals surface area contributed by atoms with Crippen LogP contribution >= 0.6 is 0 Å². The van der Waals surface area contributed by atoms with Crippen LogP contribution in [0, 0.1) is 0 Å². The molecule has 0 bridgehead atoms. The fourth-order valence-electron chi connectivity index (χ4n) is 2.60. The van der Waals surface area contributed by atoms with Gasteiger partial charge in [0.1, 0.15) is 12.6 Å². The number of fused-ring (bicyclic) bond motifs is 1. The van der Waals surface area contributed by atoms with E-state index in [-0.39, 0.29) is 24.4 Å². The van der Waals surface area contributed by atoms with Crippen molar-refractivity contribution in [2.24, 2.45) is 0 Å². The molecule has 0 aromatic heterocycles. The van der Waals surface area contributed by atoms with E-state index < -0.39 is 0 Å². The number of amides is 2. The Bertz CT molecular complexity index is 544. The minimum absolute atomic E-state index is 0.0200. The summed E-state index contributed by atoms with van der Waals surface area (Å²) < 4.78 is 0. The summed E-state index contributed by atoms with van der Waals surface area (Å²) >= 11 is 0. The molecule has 1 N–H and O–H groups in total. The van der Waals surface area contributed by atoms with Crippen LogP contribution in [0.2, 0.25) is 0 Å². The summed E-state index contributed by atoms with van der Waals surface area (Å²) in [4.78, 5) is 28.3. The Morgan fingerprint density at radius 2 is 2.05 bits per heavy atom. The lowest BCUT2D eigenvalue weighted by molar-refractivity contribution is -0.130. The predicted molar refractivity (Wildman–Crippen MR) is 89.0 cm³/mol. The Kier molecular flexibility index (Phi) is 5.41. The molecule has 2 rings (SSSR count). The van der Waals surface area contributed by atoms with Gasteiger partial charge in [0.15, 0.2) is 0 Å². The van der Waals surface area contributed by atoms with Gasteiger partial charge in [-0.2, -0.15) is 0 Å². The van der Waals surface area contributed by atoms with Crippen LogP contribution in [0.3, 0.4) is 0 Å². The highest BCUT2D eigenvalue weighted by Gasteiger charge is 2.32. The first-order chi connectivity index (χ1) is 10.6. The summed E-state index contributed by atoms with van der Waals surface area (Å²) in [5.41, 5.74) is 1.70. The molecule has 5 heteroatoms. The van der Waals surface area contributed by atoms with E-state index in [1.165, 1.54) is 0 Å². The summed E-state index contributed by atoms with van der Waals surface area (Å²) in [5.74, 6) is -0.0493. The van der Waals surface area contributed by atoms with Gasteiger partial charge in [-0.15, -0.1) is 0 Å². The largest absolute Gasteiger partial charge is 0.372 e. The Balaban J connectivity index is 2.17. The Hall–Kier alpha value is -2.04. The van der Waals surface area contributed by atoms with Crippen molar-refractivity contribution in [2.75, 3.05) is 30.4 Å². The maximum absolute atomic E-state index is 12.6. The topological polar surface area (TPSA) is 52.7 Å². The molecule has 1 aliphatic rings. The van der Waals surface area contributed by atoms with Gasteiger partial charge < -0.3 is 10.2 Å². The van der Waals surface area contributed by atoms with E-state index in [1.807, 2.05) is 31.2 Å². The quantitative estimate of drug-likeness (QED) is 0.878. The van der Waals surface area contributed by atoms with Crippen molar-refractivity contribution in [3.05, 3.63) is 24.3 Å². The fraction of sp³-hybridized carbons (Fsp3) is 0.529. The van der Waals surface area contributed by atoms with Gasteiger partial charge in [-0.3, -0.25) is 14.5 Å². The van der Waals surface area contributed by atoms with Crippen LogP contribution in [-0.4, -0.2) is 42.9 Å². The van der Waals surface area contributed by atoms with Crippen molar-refractivity contribution in [3.8, 4) is 0 Å². The normalized spacial score (nSPS) is 17.0. The monoisotopic (exact) mass is 303 g/mol. The molecule has 1 aromatic rings. The number of para-hydroxylation sites is 2. The number of unbranched alkanes of at least 4 members (excludes halogenated alkanes) is 1. The first kappa shape index (κ1) is 16.3. The number of hydrogen-bond donors (Lipinski definition) is 1. The molecule has 2 amide bonds. The summed E-state index contributed by atoms with van der Waals surface area (Å²) in [6.45, 7) is 4.90. The number of likely N-dealkylation sites (N-methyl/N-ethyl adjacent to an activating group) is 1. The molecule has 0 radical (unpaired) electrons. The highest BCUT2D eigenvalue weighted by Crippen LogP contribution is 2.31. The molecule has 1 aliphatic heterocycles. The molecule has 0 spiro atoms. The highest BCUT2D eigenvalue weighted by molar-refractivity contribution is 6.07. The second-order valence-electron chi connectivity index (χ2n) is 5.72. The molecule has 0 aliphatic carbocycles. The van der Waals surface area contributed by atoms with Crippen molar-refractivity contribution in [3.63, 3.8) is 0 Å². The molecule has 0 saturated heterocycles. The highest BCUT2D eigenvalue weighted by atomic mass is 16.2. The minimum Gasteiger partial charge on any atom is -0.372 e. The van der Waals surface area contributed by atoms with Crippen LogP contribution in [0.25, 0.3) is 0 Å². The lowest BCUT2D eigenvalue weighted by atomic mass is 10.1. The van der Waals surface area contributed by atoms with Crippen molar-refractivity contribution in [2.45, 2.75) is 39.2 Å². The van der Waals surface area contributed by atoms with Crippen molar-refractivity contribution in [1.82, 2.24) is 4.90 Å². The van der Waals surface area contributed by atoms with Crippen molar-refractivity contribution >= 4 is 23.2 Å². The number of anilines is 2. The zero-order chi connectivity index (χ0) is 16.1. The van der Waals surface area contributed by atoms with Gasteiger partial charge in [0.2, 0.25) is 11.8 Å². The van der Waals surface area contributed by atoms with Crippen LogP contribution in [0.1, 0.15) is 33.1 Å². The molecule has 1 atom stereocenters. The standard InChI is InChI=1S/C17H25N3O2/c1-4-6-11-19(3)16(21)12-20-15-10-8-7-9-14(15)18-13(5-2)17(20)22/h7-10,13,18H,4-6,11-12H2,1-3H3. The summed E-state index contributed by atoms with van der Waals surface area (Å²) in [7, 11) is 1.80. The van der Waals surface area contributed by atoms with Gasteiger partial charge in [0, 0.05) is 13.6 Å². The van der Waals surface area contributed by atoms with Gasteiger partial charge in [-0.05, 0) is 25.0 Å². The molecule has 1 heterocycles. The lowest BCUT2D eigenvalue weighted by Gasteiger charge is -2.35. The first-order valence-corrected chi connectivity index (χ1v) is 7.99. The molecule has 1 aromatic carbocycles. The van der Waals surface area contributed by atoms with Gasteiger partial charge in [-0.25, -0.2) is 0 Å². The molecule has 120 valence electrons. The number of nitrogens with one attached hydrogen (secondary N) is 1. The van der Waals surface area contributed by atoms with Crippen molar-refractivity contribution in [1.29, 1.82) is 0 Å². The van der Waals surface area contributed by atoms with Crippen LogP contribution in [0.5, 0.6) is 0 Å². The van der Waals surface area contributed by atoms with Crippen LogP contribution in [0.15, 0.2) is 24.3 Å². The van der Waals surface area contributed by atoms with E-state index in [1.54, 1.807) is 16.8 Å². The predicted octanol–water partition coefficient (Wildman–Crippen LogP) is 2.48. The summed E-state index contributed by atoms with van der Waals surface area (Å²) in [6, 6.07) is 7.39. The second kappa shape index (κ2) is 7.29. The average molecular weight is 303 g/mol. The molecule has 0 fully saturated rings. The molecular formula is C17H25N3O2. The number of nitrogens with zero attached hydrogens (tertiary/aromatic N) is 2. The Morgan fingerprint density at radius 1 is 1.32 bits per heavy atom. The van der Waals surface area contributed by atoms with E-state index in [4.69, 9.17) is 0 Å². The van der Waals surface area contributed by atoms with Gasteiger partial charge in [0.25, 0.3) is 0 Å². The smallest absolute Gasteiger partial charge is 0.250 e. The fourth-order valence-corrected chi connectivity index (χ4v) is 2.60. The second-order valence-corrected chi connectivity index (χ2v) is 5.72. The maximum atomic E-state index is 12.6. The maximum Gasteiger partial charge on any atom is 0.250 e. The van der Waals surface area contributed by atoms with Gasteiger partial charge in [-0.1, -0.05) is 32.4 Å². The average Bonchev–Trinajstić information content (AvgIpc) is 2.54. The summed E-state index contributed by atoms with van der Waals surface area (Å²) in [5, 5.41) is 3.25. The number of rotatable bonds is 6. The minimum atomic E-state index is -0.261. The lowest BCUT2D eigenvalue weighted by Crippen LogP contribution is -2.50. The third-order valence-corrected chi connectivity index (χ3v) is 4.06. The number of carbonyl (C=O) groups is 2. The van der Waals surface area contributed by atoms with E-state index in [0.717, 1.165) is 30.8 Å². The van der Waals surface area contributed by atoms with Crippen LogP contribution < -0.4 is 10.2 Å². The number of carbonyl (C=O) groups excluding carboxylic acids is 2. The Labute approximate surface area is 132 Å². The van der Waals surface area contributed by atoms with Gasteiger partial charge >= 0.3 is 0 Å². The third-order valence-electron chi connectivity index (χ3n) is 4.06.